The number of benzene rings is 1. The van der Waals surface area contributed by atoms with Crippen LogP contribution in [0.15, 0.2) is 54.5 Å². The molecule has 2 atom stereocenters. The molecular weight excluding hydrogens is 474 g/mol. The first-order valence-electron chi connectivity index (χ1n) is 11.4. The molecule has 0 radical (unpaired) electrons. The number of aromatic nitrogens is 3. The molecule has 7 nitrogen and oxygen atoms in total. The van der Waals surface area contributed by atoms with Crippen LogP contribution < -0.4 is 16.4 Å². The van der Waals surface area contributed by atoms with Gasteiger partial charge in [-0.15, -0.1) is 0 Å². The van der Waals surface area contributed by atoms with Crippen molar-refractivity contribution in [1.29, 1.82) is 0 Å². The third-order valence-corrected chi connectivity index (χ3v) is 6.51. The molecule has 0 aliphatic heterocycles. The van der Waals surface area contributed by atoms with Crippen LogP contribution in [0.3, 0.4) is 0 Å². The van der Waals surface area contributed by atoms with Gasteiger partial charge in [-0.1, -0.05) is 18.2 Å². The largest absolute Gasteiger partial charge is 0.419 e. The molecule has 3 aromatic rings. The highest BCUT2D eigenvalue weighted by atomic mass is 19.4. The van der Waals surface area contributed by atoms with Gasteiger partial charge in [-0.3, -0.25) is 0 Å². The molecule has 4 N–H and O–H groups in total. The SMILES string of the molecule is CNC1(CCN(C)C)C=CC(Nc2ncc(C(F)(F)F)c(-c3cn(C)c4c(F)cccc34)n2)=CC1N. The standard InChI is InChI=1S/C25H29F4N7/c1-31-24(10-11-35(2)3)9-8-15(12-20(24)30)33-23-32-13-18(25(27,28)29)21(34-23)17-14-36(4)22-16(17)6-5-7-19(22)26/h5-9,12-14,20,31H,10-11,30H2,1-4H3,(H,32,33,34). The lowest BCUT2D eigenvalue weighted by molar-refractivity contribution is -0.137. The summed E-state index contributed by atoms with van der Waals surface area (Å²) in [6, 6.07) is 3.89. The molecule has 4 rings (SSSR count). The number of nitrogens with two attached hydrogens (primary N) is 1. The molecule has 0 amide bonds. The molecule has 36 heavy (non-hydrogen) atoms. The smallest absolute Gasteiger partial charge is 0.347 e. The maximum atomic E-state index is 14.4. The lowest BCUT2D eigenvalue weighted by atomic mass is 9.83. The van der Waals surface area contributed by atoms with E-state index < -0.39 is 29.1 Å². The number of likely N-dealkylation sites (N-methyl/N-ethyl adjacent to an activating group) is 1. The van der Waals surface area contributed by atoms with E-state index >= 15 is 0 Å². The van der Waals surface area contributed by atoms with Crippen molar-refractivity contribution in [3.05, 3.63) is 65.9 Å². The van der Waals surface area contributed by atoms with Gasteiger partial charge in [-0.05, 0) is 52.3 Å². The summed E-state index contributed by atoms with van der Waals surface area (Å²) in [6.45, 7) is 0.812. The number of aryl methyl sites for hydroxylation is 1. The van der Waals surface area contributed by atoms with Crippen LogP contribution in [-0.2, 0) is 13.2 Å². The Kier molecular flexibility index (Phi) is 6.91. The second-order valence-corrected chi connectivity index (χ2v) is 9.19. The first-order chi connectivity index (χ1) is 16.9. The second kappa shape index (κ2) is 9.64. The molecule has 0 bridgehead atoms. The molecule has 0 saturated carbocycles. The van der Waals surface area contributed by atoms with Gasteiger partial charge in [-0.2, -0.15) is 13.2 Å². The summed E-state index contributed by atoms with van der Waals surface area (Å²) in [5.41, 5.74) is 5.57. The summed E-state index contributed by atoms with van der Waals surface area (Å²) in [6.07, 6.45) is 3.79. The highest BCUT2D eigenvalue weighted by Gasteiger charge is 2.37. The summed E-state index contributed by atoms with van der Waals surface area (Å²) in [5, 5.41) is 6.59. The zero-order valence-corrected chi connectivity index (χ0v) is 20.5. The van der Waals surface area contributed by atoms with Crippen molar-refractivity contribution in [3.63, 3.8) is 0 Å². The van der Waals surface area contributed by atoms with Crippen LogP contribution in [0.1, 0.15) is 12.0 Å². The lowest BCUT2D eigenvalue weighted by Crippen LogP contribution is -2.57. The fourth-order valence-electron chi connectivity index (χ4n) is 4.46. The van der Waals surface area contributed by atoms with Crippen molar-refractivity contribution in [1.82, 2.24) is 24.8 Å². The number of alkyl halides is 3. The summed E-state index contributed by atoms with van der Waals surface area (Å²) in [4.78, 5) is 10.2. The fourth-order valence-corrected chi connectivity index (χ4v) is 4.46. The Bertz CT molecular complexity index is 1330. The van der Waals surface area contributed by atoms with Crippen LogP contribution in [0.5, 0.6) is 0 Å². The van der Waals surface area contributed by atoms with Gasteiger partial charge >= 0.3 is 6.18 Å². The van der Waals surface area contributed by atoms with Crippen molar-refractivity contribution in [2.24, 2.45) is 12.8 Å². The number of rotatable bonds is 7. The quantitative estimate of drug-likeness (QED) is 0.425. The number of fused-ring (bicyclic) bond motifs is 1. The van der Waals surface area contributed by atoms with Crippen LogP contribution in [0, 0.1) is 5.82 Å². The van der Waals surface area contributed by atoms with E-state index in [9.17, 15) is 17.6 Å². The number of nitrogens with one attached hydrogen (secondary N) is 2. The van der Waals surface area contributed by atoms with E-state index in [2.05, 4.69) is 25.5 Å². The Morgan fingerprint density at radius 1 is 1.25 bits per heavy atom. The summed E-state index contributed by atoms with van der Waals surface area (Å²) >= 11 is 0. The van der Waals surface area contributed by atoms with Crippen molar-refractivity contribution >= 4 is 16.9 Å². The first-order valence-corrected chi connectivity index (χ1v) is 11.4. The molecule has 2 unspecified atom stereocenters. The summed E-state index contributed by atoms with van der Waals surface area (Å²) < 4.78 is 57.5. The number of anilines is 1. The predicted molar refractivity (Wildman–Crippen MR) is 133 cm³/mol. The Balaban J connectivity index is 1.71. The highest BCUT2D eigenvalue weighted by Crippen LogP contribution is 2.39. The highest BCUT2D eigenvalue weighted by molar-refractivity contribution is 5.96. The maximum absolute atomic E-state index is 14.4. The predicted octanol–water partition coefficient (Wildman–Crippen LogP) is 3.90. The third-order valence-electron chi connectivity index (χ3n) is 6.51. The van der Waals surface area contributed by atoms with E-state index in [1.165, 1.54) is 22.9 Å². The van der Waals surface area contributed by atoms with Gasteiger partial charge in [0.15, 0.2) is 0 Å². The number of hydrogen-bond acceptors (Lipinski definition) is 6. The fraction of sp³-hybridized carbons (Fsp3) is 0.360. The van der Waals surface area contributed by atoms with Crippen LogP contribution in [0.2, 0.25) is 0 Å². The van der Waals surface area contributed by atoms with Crippen molar-refractivity contribution in [2.45, 2.75) is 24.2 Å². The Labute approximate surface area is 206 Å². The van der Waals surface area contributed by atoms with Gasteiger partial charge in [0.1, 0.15) is 11.4 Å². The number of nitrogens with zero attached hydrogens (tertiary/aromatic N) is 4. The molecule has 1 aliphatic rings. The monoisotopic (exact) mass is 503 g/mol. The number of allylic oxidation sites excluding steroid dienone is 1. The van der Waals surface area contributed by atoms with E-state index in [1.807, 2.05) is 33.3 Å². The molecule has 192 valence electrons. The van der Waals surface area contributed by atoms with Gasteiger partial charge in [0, 0.05) is 42.1 Å². The molecular formula is C25H29F4N7. The molecule has 1 aliphatic carbocycles. The number of hydrogen-bond donors (Lipinski definition) is 3. The Morgan fingerprint density at radius 3 is 2.64 bits per heavy atom. The van der Waals surface area contributed by atoms with Gasteiger partial charge in [0.05, 0.1) is 16.7 Å². The van der Waals surface area contributed by atoms with Crippen molar-refractivity contribution in [3.8, 4) is 11.3 Å². The van der Waals surface area contributed by atoms with E-state index in [-0.39, 0.29) is 22.7 Å². The Morgan fingerprint density at radius 2 is 2.00 bits per heavy atom. The topological polar surface area (TPSA) is 84.0 Å². The number of para-hydroxylation sites is 1. The van der Waals surface area contributed by atoms with Crippen LogP contribution >= 0.6 is 0 Å². The summed E-state index contributed by atoms with van der Waals surface area (Å²) in [5.74, 6) is -0.560. The minimum absolute atomic E-state index is 0.0280. The molecule has 1 aromatic carbocycles. The molecule has 2 heterocycles. The molecule has 0 fully saturated rings. The molecule has 2 aromatic heterocycles. The van der Waals surface area contributed by atoms with Gasteiger partial charge in [-0.25, -0.2) is 14.4 Å². The average molecular weight is 504 g/mol. The van der Waals surface area contributed by atoms with Gasteiger partial charge < -0.3 is 25.8 Å². The van der Waals surface area contributed by atoms with Gasteiger partial charge in [0.2, 0.25) is 5.95 Å². The van der Waals surface area contributed by atoms with Crippen molar-refractivity contribution in [2.75, 3.05) is 33.0 Å². The van der Waals surface area contributed by atoms with Gasteiger partial charge in [0.25, 0.3) is 0 Å². The lowest BCUT2D eigenvalue weighted by Gasteiger charge is -2.38. The van der Waals surface area contributed by atoms with E-state index in [0.717, 1.165) is 19.2 Å². The molecule has 0 saturated heterocycles. The van der Waals surface area contributed by atoms with Crippen LogP contribution in [0.25, 0.3) is 22.2 Å². The third kappa shape index (κ3) is 4.86. The molecule has 11 heteroatoms. The Hall–Kier alpha value is -3.28. The minimum atomic E-state index is -4.70. The number of halogens is 4. The summed E-state index contributed by atoms with van der Waals surface area (Å²) in [7, 11) is 7.37. The second-order valence-electron chi connectivity index (χ2n) is 9.19. The normalized spacial score (nSPS) is 20.3. The average Bonchev–Trinajstić information content (AvgIpc) is 3.15. The van der Waals surface area contributed by atoms with Crippen LogP contribution in [0.4, 0.5) is 23.5 Å². The maximum Gasteiger partial charge on any atom is 0.419 e. The first kappa shape index (κ1) is 25.8. The van der Waals surface area contributed by atoms with Crippen molar-refractivity contribution < 1.29 is 17.6 Å². The zero-order chi connectivity index (χ0) is 26.3. The zero-order valence-electron chi connectivity index (χ0n) is 20.5. The molecule has 0 spiro atoms. The van der Waals surface area contributed by atoms with E-state index in [4.69, 9.17) is 5.73 Å². The van der Waals surface area contributed by atoms with Crippen LogP contribution in [-0.4, -0.2) is 58.7 Å². The minimum Gasteiger partial charge on any atom is -0.347 e. The van der Waals surface area contributed by atoms with E-state index in [1.54, 1.807) is 19.2 Å². The van der Waals surface area contributed by atoms with E-state index in [0.29, 0.717) is 11.1 Å².